The van der Waals surface area contributed by atoms with Crippen LogP contribution in [0.5, 0.6) is 0 Å². The van der Waals surface area contributed by atoms with Gasteiger partial charge in [0.25, 0.3) is 0 Å². The van der Waals surface area contributed by atoms with E-state index in [0.29, 0.717) is 6.04 Å². The molecule has 1 atom stereocenters. The third-order valence-electron chi connectivity index (χ3n) is 3.80. The highest BCUT2D eigenvalue weighted by Crippen LogP contribution is 2.12. The fourth-order valence-electron chi connectivity index (χ4n) is 2.61. The minimum atomic E-state index is 0.538. The molecular weight excluding hydrogens is 238 g/mol. The maximum Gasteiger partial charge on any atom is 0.243 e. The van der Waals surface area contributed by atoms with Crippen molar-refractivity contribution in [3.05, 3.63) is 23.9 Å². The zero-order chi connectivity index (χ0) is 13.2. The summed E-state index contributed by atoms with van der Waals surface area (Å²) < 4.78 is 1.83. The van der Waals surface area contributed by atoms with Crippen molar-refractivity contribution in [1.82, 2.24) is 19.5 Å². The first-order chi connectivity index (χ1) is 9.22. The quantitative estimate of drug-likeness (QED) is 0.911. The third-order valence-corrected chi connectivity index (χ3v) is 3.80. The van der Waals surface area contributed by atoms with Gasteiger partial charge in [0.15, 0.2) is 5.65 Å². The van der Waals surface area contributed by atoms with Gasteiger partial charge >= 0.3 is 0 Å². The second kappa shape index (κ2) is 5.17. The SMILES string of the molecule is Cc1ccc2nc(NCC(C)N3CCCC3)nn2c1. The van der Waals surface area contributed by atoms with Gasteiger partial charge in [0.2, 0.25) is 5.95 Å². The monoisotopic (exact) mass is 259 g/mol. The Bertz CT molecular complexity index is 556. The van der Waals surface area contributed by atoms with E-state index in [9.17, 15) is 0 Å². The summed E-state index contributed by atoms with van der Waals surface area (Å²) in [6.45, 7) is 7.67. The normalized spacial score (nSPS) is 18.0. The van der Waals surface area contributed by atoms with Gasteiger partial charge in [-0.15, -0.1) is 5.10 Å². The molecule has 102 valence electrons. The van der Waals surface area contributed by atoms with Crippen LogP contribution >= 0.6 is 0 Å². The molecule has 5 heteroatoms. The molecule has 2 aromatic heterocycles. The smallest absolute Gasteiger partial charge is 0.243 e. The predicted octanol–water partition coefficient (Wildman–Crippen LogP) is 1.93. The average Bonchev–Trinajstić information content (AvgIpc) is 3.04. The molecule has 0 amide bonds. The maximum atomic E-state index is 4.47. The molecule has 3 rings (SSSR count). The van der Waals surface area contributed by atoms with Gasteiger partial charge in [0, 0.05) is 18.8 Å². The van der Waals surface area contributed by atoms with Crippen LogP contribution in [0.1, 0.15) is 25.3 Å². The number of hydrogen-bond acceptors (Lipinski definition) is 4. The lowest BCUT2D eigenvalue weighted by molar-refractivity contribution is 0.269. The van der Waals surface area contributed by atoms with Crippen molar-refractivity contribution in [2.24, 2.45) is 0 Å². The molecule has 5 nitrogen and oxygen atoms in total. The van der Waals surface area contributed by atoms with Crippen molar-refractivity contribution in [1.29, 1.82) is 0 Å². The van der Waals surface area contributed by atoms with E-state index in [0.717, 1.165) is 18.1 Å². The Morgan fingerprint density at radius 2 is 2.11 bits per heavy atom. The van der Waals surface area contributed by atoms with E-state index in [1.807, 2.05) is 16.8 Å². The Labute approximate surface area is 113 Å². The van der Waals surface area contributed by atoms with Crippen LogP contribution in [0.15, 0.2) is 18.3 Å². The summed E-state index contributed by atoms with van der Waals surface area (Å²) >= 11 is 0. The Balaban J connectivity index is 1.64. The zero-order valence-electron chi connectivity index (χ0n) is 11.6. The van der Waals surface area contributed by atoms with E-state index < -0.39 is 0 Å². The van der Waals surface area contributed by atoms with Gasteiger partial charge in [-0.2, -0.15) is 4.98 Å². The van der Waals surface area contributed by atoms with Gasteiger partial charge < -0.3 is 5.32 Å². The van der Waals surface area contributed by atoms with Crippen LogP contribution in [0.3, 0.4) is 0 Å². The van der Waals surface area contributed by atoms with Crippen LogP contribution in [0, 0.1) is 6.92 Å². The van der Waals surface area contributed by atoms with Gasteiger partial charge in [-0.25, -0.2) is 4.52 Å². The molecule has 3 heterocycles. The lowest BCUT2D eigenvalue weighted by atomic mass is 10.3. The van der Waals surface area contributed by atoms with E-state index in [4.69, 9.17) is 0 Å². The second-order valence-corrected chi connectivity index (χ2v) is 5.42. The van der Waals surface area contributed by atoms with Crippen LogP contribution in [0.2, 0.25) is 0 Å². The summed E-state index contributed by atoms with van der Waals surface area (Å²) in [5.74, 6) is 0.719. The highest BCUT2D eigenvalue weighted by Gasteiger charge is 2.18. The Morgan fingerprint density at radius 1 is 1.32 bits per heavy atom. The number of aromatic nitrogens is 3. The zero-order valence-corrected chi connectivity index (χ0v) is 11.6. The lowest BCUT2D eigenvalue weighted by Gasteiger charge is -2.23. The molecule has 2 aromatic rings. The van der Waals surface area contributed by atoms with Gasteiger partial charge in [-0.1, -0.05) is 6.07 Å². The molecular formula is C14H21N5. The summed E-state index contributed by atoms with van der Waals surface area (Å²) in [5.41, 5.74) is 2.08. The Morgan fingerprint density at radius 3 is 2.89 bits per heavy atom. The number of aryl methyl sites for hydroxylation is 1. The molecule has 0 saturated carbocycles. The molecule has 1 fully saturated rings. The largest absolute Gasteiger partial charge is 0.351 e. The first kappa shape index (κ1) is 12.4. The molecule has 0 aliphatic carbocycles. The van der Waals surface area contributed by atoms with Gasteiger partial charge in [-0.05, 0) is 51.4 Å². The molecule has 1 aliphatic heterocycles. The summed E-state index contributed by atoms with van der Waals surface area (Å²) in [4.78, 5) is 7.00. The average molecular weight is 259 g/mol. The Kier molecular flexibility index (Phi) is 3.38. The Hall–Kier alpha value is -1.62. The number of nitrogens with one attached hydrogen (secondary N) is 1. The summed E-state index contributed by atoms with van der Waals surface area (Å²) in [7, 11) is 0. The van der Waals surface area contributed by atoms with Crippen LogP contribution in [-0.2, 0) is 0 Å². The van der Waals surface area contributed by atoms with Crippen molar-refractivity contribution in [2.45, 2.75) is 32.7 Å². The van der Waals surface area contributed by atoms with Crippen molar-refractivity contribution in [2.75, 3.05) is 25.0 Å². The van der Waals surface area contributed by atoms with Crippen LogP contribution < -0.4 is 5.32 Å². The number of anilines is 1. The molecule has 0 radical (unpaired) electrons. The molecule has 1 aliphatic rings. The molecule has 0 spiro atoms. The molecule has 0 bridgehead atoms. The fraction of sp³-hybridized carbons (Fsp3) is 0.571. The summed E-state index contributed by atoms with van der Waals surface area (Å²) in [5, 5.41) is 7.79. The molecule has 19 heavy (non-hydrogen) atoms. The van der Waals surface area contributed by atoms with E-state index in [1.54, 1.807) is 0 Å². The highest BCUT2D eigenvalue weighted by molar-refractivity contribution is 5.44. The van der Waals surface area contributed by atoms with E-state index in [2.05, 4.69) is 40.2 Å². The number of nitrogens with zero attached hydrogens (tertiary/aromatic N) is 4. The number of likely N-dealkylation sites (tertiary alicyclic amines) is 1. The highest BCUT2D eigenvalue weighted by atomic mass is 15.3. The topological polar surface area (TPSA) is 45.5 Å². The number of rotatable bonds is 4. The molecule has 1 N–H and O–H groups in total. The van der Waals surface area contributed by atoms with Crippen LogP contribution in [0.4, 0.5) is 5.95 Å². The van der Waals surface area contributed by atoms with Crippen molar-refractivity contribution in [3.8, 4) is 0 Å². The number of fused-ring (bicyclic) bond motifs is 1. The summed E-state index contributed by atoms with van der Waals surface area (Å²) in [6, 6.07) is 4.59. The van der Waals surface area contributed by atoms with Crippen molar-refractivity contribution in [3.63, 3.8) is 0 Å². The standard InChI is InChI=1S/C14H21N5/c1-11-5-6-13-16-14(17-19(13)10-11)15-9-12(2)18-7-3-4-8-18/h5-6,10,12H,3-4,7-9H2,1-2H3,(H,15,17). The maximum absolute atomic E-state index is 4.47. The molecule has 1 unspecified atom stereocenters. The van der Waals surface area contributed by atoms with Gasteiger partial charge in [-0.3, -0.25) is 4.90 Å². The van der Waals surface area contributed by atoms with Crippen molar-refractivity contribution < 1.29 is 0 Å². The first-order valence-electron chi connectivity index (χ1n) is 7.03. The molecule has 1 saturated heterocycles. The summed E-state index contributed by atoms with van der Waals surface area (Å²) in [6.07, 6.45) is 4.66. The van der Waals surface area contributed by atoms with Gasteiger partial charge in [0.1, 0.15) is 0 Å². The van der Waals surface area contributed by atoms with Crippen molar-refractivity contribution >= 4 is 11.6 Å². The molecule has 0 aromatic carbocycles. The third kappa shape index (κ3) is 2.71. The van der Waals surface area contributed by atoms with E-state index in [-0.39, 0.29) is 0 Å². The van der Waals surface area contributed by atoms with E-state index in [1.165, 1.54) is 31.5 Å². The lowest BCUT2D eigenvalue weighted by Crippen LogP contribution is -2.35. The number of hydrogen-bond donors (Lipinski definition) is 1. The number of pyridine rings is 1. The predicted molar refractivity (Wildman–Crippen MR) is 76.5 cm³/mol. The minimum Gasteiger partial charge on any atom is -0.351 e. The fourth-order valence-corrected chi connectivity index (χ4v) is 2.61. The van der Waals surface area contributed by atoms with Crippen LogP contribution in [0.25, 0.3) is 5.65 Å². The van der Waals surface area contributed by atoms with E-state index >= 15 is 0 Å². The first-order valence-corrected chi connectivity index (χ1v) is 7.03. The second-order valence-electron chi connectivity index (χ2n) is 5.42. The minimum absolute atomic E-state index is 0.538. The van der Waals surface area contributed by atoms with Crippen LogP contribution in [-0.4, -0.2) is 45.2 Å². The van der Waals surface area contributed by atoms with Gasteiger partial charge in [0.05, 0.1) is 0 Å².